The molecule has 0 saturated heterocycles. The highest BCUT2D eigenvalue weighted by Gasteiger charge is 2.15. The van der Waals surface area contributed by atoms with Crippen LogP contribution in [0.5, 0.6) is 0 Å². The van der Waals surface area contributed by atoms with E-state index >= 15 is 0 Å². The van der Waals surface area contributed by atoms with E-state index in [1.807, 2.05) is 22.6 Å². The van der Waals surface area contributed by atoms with Crippen molar-refractivity contribution in [1.82, 2.24) is 5.32 Å². The van der Waals surface area contributed by atoms with Crippen molar-refractivity contribution in [1.29, 1.82) is 0 Å². The van der Waals surface area contributed by atoms with Crippen molar-refractivity contribution in [2.24, 2.45) is 0 Å². The molecule has 2 N–H and O–H groups in total. The van der Waals surface area contributed by atoms with E-state index in [0.29, 0.717) is 25.9 Å². The average Bonchev–Trinajstić information content (AvgIpc) is 2.48. The number of anilines is 1. The van der Waals surface area contributed by atoms with Crippen molar-refractivity contribution in [3.8, 4) is 0 Å². The average molecular weight is 412 g/mol. The Morgan fingerprint density at radius 2 is 1.82 bits per heavy atom. The Morgan fingerprint density at radius 3 is 2.45 bits per heavy atom. The van der Waals surface area contributed by atoms with Crippen molar-refractivity contribution in [2.45, 2.75) is 6.92 Å². The quantitative estimate of drug-likeness (QED) is 0.760. The lowest BCUT2D eigenvalue weighted by atomic mass is 10.1. The summed E-state index contributed by atoms with van der Waals surface area (Å²) < 4.78 is 13.6. The number of hydrogen-bond acceptors (Lipinski definition) is 2. The van der Waals surface area contributed by atoms with Crippen LogP contribution in [0.4, 0.5) is 10.1 Å². The zero-order valence-electron chi connectivity index (χ0n) is 12.0. The lowest BCUT2D eigenvalue weighted by Gasteiger charge is -2.12. The molecular formula is C16H14FIN2O2. The van der Waals surface area contributed by atoms with Crippen LogP contribution >= 0.6 is 22.6 Å². The largest absolute Gasteiger partial charge is 0.355 e. The van der Waals surface area contributed by atoms with Crippen molar-refractivity contribution < 1.29 is 14.0 Å². The third kappa shape index (κ3) is 3.44. The summed E-state index contributed by atoms with van der Waals surface area (Å²) in [5, 5.41) is 5.32. The van der Waals surface area contributed by atoms with Crippen LogP contribution in [0, 0.1) is 16.3 Å². The molecular weight excluding hydrogens is 398 g/mol. The van der Waals surface area contributed by atoms with Gasteiger partial charge in [-0.25, -0.2) is 4.39 Å². The number of rotatable bonds is 3. The molecule has 22 heavy (non-hydrogen) atoms. The maximum atomic E-state index is 13.1. The predicted molar refractivity (Wildman–Crippen MR) is 91.6 cm³/mol. The molecule has 0 unspecified atom stereocenters. The van der Waals surface area contributed by atoms with Crippen LogP contribution in [0.25, 0.3) is 0 Å². The lowest BCUT2D eigenvalue weighted by molar-refractivity contribution is 0.0960. The molecule has 0 atom stereocenters. The third-order valence-electron chi connectivity index (χ3n) is 3.23. The van der Waals surface area contributed by atoms with Crippen LogP contribution in [-0.4, -0.2) is 18.9 Å². The topological polar surface area (TPSA) is 58.2 Å². The van der Waals surface area contributed by atoms with Crippen molar-refractivity contribution in [2.75, 3.05) is 12.4 Å². The minimum Gasteiger partial charge on any atom is -0.355 e. The van der Waals surface area contributed by atoms with E-state index in [-0.39, 0.29) is 11.8 Å². The molecule has 0 bridgehead atoms. The molecule has 6 heteroatoms. The molecule has 0 radical (unpaired) electrons. The van der Waals surface area contributed by atoms with Crippen molar-refractivity contribution in [3.05, 3.63) is 62.5 Å². The first-order valence-electron chi connectivity index (χ1n) is 6.52. The summed E-state index contributed by atoms with van der Waals surface area (Å²) in [7, 11) is 1.55. The molecule has 0 aliphatic carbocycles. The van der Waals surface area contributed by atoms with Gasteiger partial charge < -0.3 is 10.6 Å². The van der Waals surface area contributed by atoms with Gasteiger partial charge in [0.15, 0.2) is 0 Å². The molecule has 0 saturated carbocycles. The van der Waals surface area contributed by atoms with E-state index in [2.05, 4.69) is 10.6 Å². The lowest BCUT2D eigenvalue weighted by Crippen LogP contribution is -2.20. The number of benzene rings is 2. The van der Waals surface area contributed by atoms with Gasteiger partial charge in [0.2, 0.25) is 0 Å². The van der Waals surface area contributed by atoms with Crippen molar-refractivity contribution >= 4 is 40.1 Å². The molecule has 2 rings (SSSR count). The van der Waals surface area contributed by atoms with E-state index in [1.165, 1.54) is 18.2 Å². The van der Waals surface area contributed by atoms with Crippen molar-refractivity contribution in [3.63, 3.8) is 0 Å². The van der Waals surface area contributed by atoms with Gasteiger partial charge in [-0.1, -0.05) is 6.07 Å². The summed E-state index contributed by atoms with van der Waals surface area (Å²) >= 11 is 1.91. The van der Waals surface area contributed by atoms with E-state index < -0.39 is 5.82 Å². The molecule has 2 amide bonds. The molecule has 2 aromatic carbocycles. The highest BCUT2D eigenvalue weighted by molar-refractivity contribution is 14.1. The Kier molecular flexibility index (Phi) is 5.12. The fourth-order valence-electron chi connectivity index (χ4n) is 2.01. The van der Waals surface area contributed by atoms with Gasteiger partial charge in [0, 0.05) is 21.9 Å². The van der Waals surface area contributed by atoms with Crippen LogP contribution in [0.3, 0.4) is 0 Å². The van der Waals surface area contributed by atoms with Crippen LogP contribution in [0.15, 0.2) is 36.4 Å². The monoisotopic (exact) mass is 412 g/mol. The normalized spacial score (nSPS) is 10.2. The molecule has 2 aromatic rings. The van der Waals surface area contributed by atoms with E-state index in [0.717, 1.165) is 0 Å². The maximum Gasteiger partial charge on any atom is 0.256 e. The number of amides is 2. The minimum absolute atomic E-state index is 0.218. The highest BCUT2D eigenvalue weighted by Crippen LogP contribution is 2.21. The number of halogens is 2. The van der Waals surface area contributed by atoms with Crippen LogP contribution < -0.4 is 10.6 Å². The Hall–Kier alpha value is -1.96. The second-order valence-corrected chi connectivity index (χ2v) is 5.80. The summed E-state index contributed by atoms with van der Waals surface area (Å²) in [6.07, 6.45) is 0. The molecule has 0 aromatic heterocycles. The Bertz CT molecular complexity index is 747. The number of hydrogen-bond donors (Lipinski definition) is 2. The van der Waals surface area contributed by atoms with Gasteiger partial charge in [0.05, 0.1) is 5.56 Å². The minimum atomic E-state index is -0.390. The third-order valence-corrected chi connectivity index (χ3v) is 4.12. The van der Waals surface area contributed by atoms with Crippen LogP contribution in [0.2, 0.25) is 0 Å². The fraction of sp³-hybridized carbons (Fsp3) is 0.125. The number of carbonyl (C=O) groups is 2. The second-order valence-electron chi connectivity index (χ2n) is 4.64. The second kappa shape index (κ2) is 6.87. The number of nitrogens with one attached hydrogen (secondary N) is 2. The van der Waals surface area contributed by atoms with Gasteiger partial charge in [0.1, 0.15) is 5.82 Å². The summed E-state index contributed by atoms with van der Waals surface area (Å²) in [5.74, 6) is -0.953. The smallest absolute Gasteiger partial charge is 0.256 e. The standard InChI is InChI=1S/C16H14FIN2O2/c1-9-11(15(21)19-2)4-3-5-14(9)20-16(22)12-7-6-10(17)8-13(12)18/h3-8H,1-2H3,(H,19,21)(H,20,22). The molecule has 4 nitrogen and oxygen atoms in total. The van der Waals surface area contributed by atoms with Gasteiger partial charge in [-0.15, -0.1) is 0 Å². The highest BCUT2D eigenvalue weighted by atomic mass is 127. The summed E-state index contributed by atoms with van der Waals surface area (Å²) in [6.45, 7) is 1.76. The molecule has 114 valence electrons. The molecule has 0 aliphatic rings. The summed E-state index contributed by atoms with van der Waals surface area (Å²) in [6, 6.07) is 9.07. The SMILES string of the molecule is CNC(=O)c1cccc(NC(=O)c2ccc(F)cc2I)c1C. The summed E-state index contributed by atoms with van der Waals surface area (Å²) in [5.41, 5.74) is 2.10. The van der Waals surface area contributed by atoms with E-state index in [1.54, 1.807) is 32.2 Å². The Morgan fingerprint density at radius 1 is 1.09 bits per heavy atom. The van der Waals surface area contributed by atoms with Crippen LogP contribution in [-0.2, 0) is 0 Å². The predicted octanol–water partition coefficient (Wildman–Crippen LogP) is 3.35. The number of carbonyl (C=O) groups excluding carboxylic acids is 2. The van der Waals surface area contributed by atoms with Gasteiger partial charge in [-0.3, -0.25) is 9.59 Å². The fourth-order valence-corrected chi connectivity index (χ4v) is 2.74. The zero-order chi connectivity index (χ0) is 16.3. The van der Waals surface area contributed by atoms with Crippen LogP contribution in [0.1, 0.15) is 26.3 Å². The first kappa shape index (κ1) is 16.4. The van der Waals surface area contributed by atoms with Gasteiger partial charge in [-0.05, 0) is 65.4 Å². The van der Waals surface area contributed by atoms with E-state index in [4.69, 9.17) is 0 Å². The Labute approximate surface area is 141 Å². The van der Waals surface area contributed by atoms with E-state index in [9.17, 15) is 14.0 Å². The summed E-state index contributed by atoms with van der Waals surface area (Å²) in [4.78, 5) is 24.1. The Balaban J connectivity index is 2.31. The first-order chi connectivity index (χ1) is 10.4. The van der Waals surface area contributed by atoms with Gasteiger partial charge >= 0.3 is 0 Å². The zero-order valence-corrected chi connectivity index (χ0v) is 14.2. The molecule has 0 heterocycles. The first-order valence-corrected chi connectivity index (χ1v) is 7.60. The van der Waals surface area contributed by atoms with Gasteiger partial charge in [0.25, 0.3) is 11.8 Å². The van der Waals surface area contributed by atoms with Gasteiger partial charge in [-0.2, -0.15) is 0 Å². The molecule has 0 fully saturated rings. The molecule has 0 spiro atoms. The maximum absolute atomic E-state index is 13.1. The molecule has 0 aliphatic heterocycles.